The van der Waals surface area contributed by atoms with Crippen LogP contribution in [0.2, 0.25) is 0 Å². The van der Waals surface area contributed by atoms with Crippen molar-refractivity contribution in [2.75, 3.05) is 6.61 Å². The normalized spacial score (nSPS) is 11.8. The summed E-state index contributed by atoms with van der Waals surface area (Å²) in [6.45, 7) is 3.21. The Bertz CT molecular complexity index is 584. The standard InChI is InChI=1S/C16H19BrN2O4/c1-3-11(2)18-16(22)19-14(20)10-23-15(21)9-6-12-4-7-13(17)8-5-12/h4-9,11H,3,10H2,1-2H3,(H2,18,19,20,22)/b9-6+/t11-/m0/s1. The number of rotatable bonds is 6. The summed E-state index contributed by atoms with van der Waals surface area (Å²) >= 11 is 3.31. The van der Waals surface area contributed by atoms with Crippen LogP contribution in [0.3, 0.4) is 0 Å². The molecule has 7 heteroatoms. The summed E-state index contributed by atoms with van der Waals surface area (Å²) in [5.74, 6) is -1.35. The Morgan fingerprint density at radius 3 is 2.52 bits per heavy atom. The number of esters is 1. The van der Waals surface area contributed by atoms with E-state index in [1.165, 1.54) is 6.08 Å². The van der Waals surface area contributed by atoms with Crippen LogP contribution in [0.4, 0.5) is 4.79 Å². The van der Waals surface area contributed by atoms with Gasteiger partial charge in [-0.15, -0.1) is 0 Å². The average Bonchev–Trinajstić information content (AvgIpc) is 2.52. The van der Waals surface area contributed by atoms with Gasteiger partial charge in [-0.2, -0.15) is 0 Å². The highest BCUT2D eigenvalue weighted by Gasteiger charge is 2.11. The van der Waals surface area contributed by atoms with Crippen molar-refractivity contribution in [3.05, 3.63) is 40.4 Å². The second kappa shape index (κ2) is 9.78. The molecule has 0 aliphatic rings. The number of carbonyl (C=O) groups excluding carboxylic acids is 3. The first kappa shape index (κ1) is 18.9. The topological polar surface area (TPSA) is 84.5 Å². The summed E-state index contributed by atoms with van der Waals surface area (Å²) in [5.41, 5.74) is 0.822. The number of ether oxygens (including phenoxy) is 1. The van der Waals surface area contributed by atoms with Crippen molar-refractivity contribution in [3.8, 4) is 0 Å². The minimum atomic E-state index is -0.684. The summed E-state index contributed by atoms with van der Waals surface area (Å²) in [7, 11) is 0. The number of halogens is 1. The molecule has 0 aromatic heterocycles. The van der Waals surface area contributed by atoms with Crippen molar-refractivity contribution in [2.24, 2.45) is 0 Å². The van der Waals surface area contributed by atoms with Gasteiger partial charge in [-0.05, 0) is 37.1 Å². The van der Waals surface area contributed by atoms with Crippen LogP contribution in [0.25, 0.3) is 6.08 Å². The van der Waals surface area contributed by atoms with Crippen LogP contribution < -0.4 is 10.6 Å². The van der Waals surface area contributed by atoms with Gasteiger partial charge >= 0.3 is 12.0 Å². The second-order valence-electron chi connectivity index (χ2n) is 4.82. The van der Waals surface area contributed by atoms with Gasteiger partial charge in [0.1, 0.15) is 0 Å². The van der Waals surface area contributed by atoms with E-state index in [1.807, 2.05) is 38.1 Å². The van der Waals surface area contributed by atoms with E-state index in [0.29, 0.717) is 0 Å². The number of hydrogen-bond acceptors (Lipinski definition) is 4. The van der Waals surface area contributed by atoms with E-state index in [4.69, 9.17) is 4.74 Å². The van der Waals surface area contributed by atoms with Crippen molar-refractivity contribution < 1.29 is 19.1 Å². The molecule has 1 aromatic carbocycles. The molecule has 6 nitrogen and oxygen atoms in total. The predicted molar refractivity (Wildman–Crippen MR) is 90.6 cm³/mol. The van der Waals surface area contributed by atoms with Gasteiger partial charge < -0.3 is 10.1 Å². The van der Waals surface area contributed by atoms with E-state index in [1.54, 1.807) is 6.08 Å². The monoisotopic (exact) mass is 382 g/mol. The number of nitrogens with one attached hydrogen (secondary N) is 2. The van der Waals surface area contributed by atoms with E-state index in [0.717, 1.165) is 16.5 Å². The lowest BCUT2D eigenvalue weighted by atomic mass is 10.2. The van der Waals surface area contributed by atoms with Gasteiger partial charge in [0.25, 0.3) is 5.91 Å². The summed E-state index contributed by atoms with van der Waals surface area (Å²) in [5, 5.41) is 4.66. The lowest BCUT2D eigenvalue weighted by molar-refractivity contribution is -0.143. The molecular formula is C16H19BrN2O4. The van der Waals surface area contributed by atoms with Crippen molar-refractivity contribution in [2.45, 2.75) is 26.3 Å². The molecule has 124 valence electrons. The van der Waals surface area contributed by atoms with Gasteiger partial charge in [0.2, 0.25) is 0 Å². The Hall–Kier alpha value is -2.15. The van der Waals surface area contributed by atoms with Gasteiger partial charge in [0.05, 0.1) is 0 Å². The SMILES string of the molecule is CC[C@H](C)NC(=O)NC(=O)COC(=O)/C=C/c1ccc(Br)cc1. The molecule has 0 fully saturated rings. The highest BCUT2D eigenvalue weighted by Crippen LogP contribution is 2.11. The maximum atomic E-state index is 11.5. The molecule has 0 bridgehead atoms. The Morgan fingerprint density at radius 2 is 1.91 bits per heavy atom. The number of hydrogen-bond donors (Lipinski definition) is 2. The number of amides is 3. The molecule has 0 aliphatic carbocycles. The summed E-state index contributed by atoms with van der Waals surface area (Å²) in [6, 6.07) is 6.67. The number of imide groups is 1. The number of benzene rings is 1. The predicted octanol–water partition coefficient (Wildman–Crippen LogP) is 2.63. The summed E-state index contributed by atoms with van der Waals surface area (Å²) < 4.78 is 5.69. The third kappa shape index (κ3) is 8.15. The van der Waals surface area contributed by atoms with Crippen LogP contribution in [0, 0.1) is 0 Å². The van der Waals surface area contributed by atoms with Gasteiger partial charge in [-0.25, -0.2) is 9.59 Å². The van der Waals surface area contributed by atoms with Crippen LogP contribution in [-0.4, -0.2) is 30.6 Å². The molecule has 0 heterocycles. The maximum absolute atomic E-state index is 11.5. The Labute approximate surface area is 143 Å². The molecule has 0 radical (unpaired) electrons. The zero-order valence-electron chi connectivity index (χ0n) is 13.0. The highest BCUT2D eigenvalue weighted by molar-refractivity contribution is 9.10. The van der Waals surface area contributed by atoms with Crippen molar-refractivity contribution in [1.82, 2.24) is 10.6 Å². The molecule has 0 unspecified atom stereocenters. The minimum absolute atomic E-state index is 0.0424. The fourth-order valence-electron chi connectivity index (χ4n) is 1.45. The molecule has 0 aliphatic heterocycles. The fourth-order valence-corrected chi connectivity index (χ4v) is 1.71. The van der Waals surface area contributed by atoms with Crippen LogP contribution in [-0.2, 0) is 14.3 Å². The van der Waals surface area contributed by atoms with Crippen molar-refractivity contribution >= 4 is 39.9 Å². The second-order valence-corrected chi connectivity index (χ2v) is 5.74. The lowest BCUT2D eigenvalue weighted by Crippen LogP contribution is -2.44. The molecule has 0 spiro atoms. The zero-order valence-corrected chi connectivity index (χ0v) is 14.6. The molecule has 0 saturated carbocycles. The Kier molecular flexibility index (Phi) is 8.04. The third-order valence-electron chi connectivity index (χ3n) is 2.87. The first-order chi connectivity index (χ1) is 10.9. The summed E-state index contributed by atoms with van der Waals surface area (Å²) in [4.78, 5) is 34.4. The smallest absolute Gasteiger partial charge is 0.331 e. The van der Waals surface area contributed by atoms with E-state index in [2.05, 4.69) is 26.6 Å². The van der Waals surface area contributed by atoms with Crippen molar-refractivity contribution in [1.29, 1.82) is 0 Å². The summed E-state index contributed by atoms with van der Waals surface area (Å²) in [6.07, 6.45) is 3.54. The van der Waals surface area contributed by atoms with Gasteiger partial charge in [-0.3, -0.25) is 10.1 Å². The quantitative estimate of drug-likeness (QED) is 0.584. The number of urea groups is 1. The van der Waals surface area contributed by atoms with Gasteiger partial charge in [0, 0.05) is 16.6 Å². The molecule has 3 amide bonds. The average molecular weight is 383 g/mol. The lowest BCUT2D eigenvalue weighted by Gasteiger charge is -2.11. The number of carbonyl (C=O) groups is 3. The minimum Gasteiger partial charge on any atom is -0.452 e. The molecule has 23 heavy (non-hydrogen) atoms. The Balaban J connectivity index is 2.33. The highest BCUT2D eigenvalue weighted by atomic mass is 79.9. The maximum Gasteiger partial charge on any atom is 0.331 e. The fraction of sp³-hybridized carbons (Fsp3) is 0.312. The third-order valence-corrected chi connectivity index (χ3v) is 3.40. The molecule has 1 aromatic rings. The van der Waals surface area contributed by atoms with Gasteiger partial charge in [0.15, 0.2) is 6.61 Å². The molecule has 1 rings (SSSR count). The van der Waals surface area contributed by atoms with Gasteiger partial charge in [-0.1, -0.05) is 35.0 Å². The van der Waals surface area contributed by atoms with Crippen molar-refractivity contribution in [3.63, 3.8) is 0 Å². The van der Waals surface area contributed by atoms with E-state index in [-0.39, 0.29) is 6.04 Å². The zero-order chi connectivity index (χ0) is 17.2. The Morgan fingerprint density at radius 1 is 1.26 bits per heavy atom. The van der Waals surface area contributed by atoms with E-state index >= 15 is 0 Å². The molecule has 0 saturated heterocycles. The molecule has 1 atom stereocenters. The first-order valence-electron chi connectivity index (χ1n) is 7.11. The van der Waals surface area contributed by atoms with Crippen LogP contribution in [0.1, 0.15) is 25.8 Å². The molecule has 2 N–H and O–H groups in total. The van der Waals surface area contributed by atoms with Crippen LogP contribution >= 0.6 is 15.9 Å². The van der Waals surface area contributed by atoms with Crippen LogP contribution in [0.5, 0.6) is 0 Å². The molecular weight excluding hydrogens is 364 g/mol. The first-order valence-corrected chi connectivity index (χ1v) is 7.90. The van der Waals surface area contributed by atoms with Crippen LogP contribution in [0.15, 0.2) is 34.8 Å². The largest absolute Gasteiger partial charge is 0.452 e. The van der Waals surface area contributed by atoms with E-state index in [9.17, 15) is 14.4 Å². The van der Waals surface area contributed by atoms with E-state index < -0.39 is 24.5 Å².